The maximum Gasteiger partial charge on any atom is 0.341 e. The minimum absolute atomic E-state index is 0.332. The van der Waals surface area contributed by atoms with Crippen LogP contribution in [0.15, 0.2) is 36.4 Å². The number of thiocarbonyl (C=S) groups is 1. The standard InChI is InChI=1S/C19H25N3O2S2/c1-4-24-18(23)16-13-15(12-14-8-6-5-7-9-14)26-17(16)21-19(25)20-10-11-22(2)3/h5-9,13H,4,10-12H2,1-3H3,(H2,20,21,25). The van der Waals surface area contributed by atoms with Crippen molar-refractivity contribution in [2.75, 3.05) is 39.1 Å². The highest BCUT2D eigenvalue weighted by atomic mass is 32.1. The zero-order valence-corrected chi connectivity index (χ0v) is 17.0. The molecular formula is C19H25N3O2S2. The second-order valence-electron chi connectivity index (χ2n) is 6.02. The van der Waals surface area contributed by atoms with E-state index >= 15 is 0 Å². The summed E-state index contributed by atoms with van der Waals surface area (Å²) in [5.41, 5.74) is 1.72. The summed E-state index contributed by atoms with van der Waals surface area (Å²) in [7, 11) is 4.01. The Bertz CT molecular complexity index is 730. The molecular weight excluding hydrogens is 366 g/mol. The van der Waals surface area contributed by atoms with E-state index in [4.69, 9.17) is 17.0 Å². The van der Waals surface area contributed by atoms with Gasteiger partial charge in [-0.1, -0.05) is 30.3 Å². The van der Waals surface area contributed by atoms with Gasteiger partial charge in [-0.15, -0.1) is 11.3 Å². The van der Waals surface area contributed by atoms with Crippen LogP contribution < -0.4 is 10.6 Å². The third-order valence-electron chi connectivity index (χ3n) is 3.57. The van der Waals surface area contributed by atoms with Crippen LogP contribution >= 0.6 is 23.6 Å². The van der Waals surface area contributed by atoms with E-state index in [1.54, 1.807) is 6.92 Å². The first-order chi connectivity index (χ1) is 12.5. The Morgan fingerprint density at radius 2 is 2.00 bits per heavy atom. The molecule has 0 amide bonds. The van der Waals surface area contributed by atoms with Crippen molar-refractivity contribution in [1.29, 1.82) is 0 Å². The summed E-state index contributed by atoms with van der Waals surface area (Å²) < 4.78 is 5.18. The Balaban J connectivity index is 2.11. The summed E-state index contributed by atoms with van der Waals surface area (Å²) in [5, 5.41) is 7.53. The van der Waals surface area contributed by atoms with Crippen molar-refractivity contribution in [2.24, 2.45) is 0 Å². The van der Waals surface area contributed by atoms with Gasteiger partial charge in [-0.2, -0.15) is 0 Å². The van der Waals surface area contributed by atoms with E-state index in [2.05, 4.69) is 27.7 Å². The number of hydrogen-bond donors (Lipinski definition) is 2. The molecule has 0 radical (unpaired) electrons. The lowest BCUT2D eigenvalue weighted by atomic mass is 10.1. The predicted molar refractivity (Wildman–Crippen MR) is 112 cm³/mol. The fourth-order valence-corrected chi connectivity index (χ4v) is 3.67. The Morgan fingerprint density at radius 3 is 2.65 bits per heavy atom. The van der Waals surface area contributed by atoms with Crippen molar-refractivity contribution >= 4 is 39.6 Å². The molecule has 7 heteroatoms. The molecule has 0 aliphatic heterocycles. The lowest BCUT2D eigenvalue weighted by Gasteiger charge is -2.13. The molecule has 0 bridgehead atoms. The van der Waals surface area contributed by atoms with Crippen molar-refractivity contribution in [1.82, 2.24) is 10.2 Å². The maximum absolute atomic E-state index is 12.3. The number of carbonyl (C=O) groups excluding carboxylic acids is 1. The number of likely N-dealkylation sites (N-methyl/N-ethyl adjacent to an activating group) is 1. The normalized spacial score (nSPS) is 10.6. The lowest BCUT2D eigenvalue weighted by molar-refractivity contribution is 0.0528. The van der Waals surface area contributed by atoms with Gasteiger partial charge in [-0.05, 0) is 44.9 Å². The van der Waals surface area contributed by atoms with Gasteiger partial charge >= 0.3 is 5.97 Å². The zero-order valence-electron chi connectivity index (χ0n) is 15.4. The van der Waals surface area contributed by atoms with Gasteiger partial charge in [0.2, 0.25) is 0 Å². The van der Waals surface area contributed by atoms with Crippen molar-refractivity contribution < 1.29 is 9.53 Å². The number of carbonyl (C=O) groups is 1. The van der Waals surface area contributed by atoms with Crippen LogP contribution in [0.3, 0.4) is 0 Å². The van der Waals surface area contributed by atoms with Gasteiger partial charge in [0.15, 0.2) is 5.11 Å². The number of esters is 1. The smallest absolute Gasteiger partial charge is 0.341 e. The zero-order chi connectivity index (χ0) is 18.9. The van der Waals surface area contributed by atoms with Crippen LogP contribution in [0.2, 0.25) is 0 Å². The Kier molecular flexibility index (Phi) is 8.03. The van der Waals surface area contributed by atoms with E-state index in [1.165, 1.54) is 16.9 Å². The van der Waals surface area contributed by atoms with E-state index in [1.807, 2.05) is 38.4 Å². The van der Waals surface area contributed by atoms with E-state index in [0.717, 1.165) is 29.4 Å². The lowest BCUT2D eigenvalue weighted by Crippen LogP contribution is -2.34. The van der Waals surface area contributed by atoms with E-state index < -0.39 is 0 Å². The summed E-state index contributed by atoms with van der Waals surface area (Å²) >= 11 is 6.88. The molecule has 140 valence electrons. The van der Waals surface area contributed by atoms with Crippen LogP contribution in [0.4, 0.5) is 5.00 Å². The second-order valence-corrected chi connectivity index (χ2v) is 7.57. The average Bonchev–Trinajstić information content (AvgIpc) is 2.98. The van der Waals surface area contributed by atoms with E-state index in [-0.39, 0.29) is 5.97 Å². The summed E-state index contributed by atoms with van der Waals surface area (Å²) in [6.07, 6.45) is 0.764. The number of nitrogens with one attached hydrogen (secondary N) is 2. The minimum Gasteiger partial charge on any atom is -0.462 e. The quantitative estimate of drug-likeness (QED) is 0.532. The van der Waals surface area contributed by atoms with Gasteiger partial charge in [0, 0.05) is 24.4 Å². The molecule has 0 aliphatic rings. The predicted octanol–water partition coefficient (Wildman–Crippen LogP) is 3.36. The average molecular weight is 392 g/mol. The number of rotatable bonds is 8. The topological polar surface area (TPSA) is 53.6 Å². The highest BCUT2D eigenvalue weighted by Crippen LogP contribution is 2.30. The number of hydrogen-bond acceptors (Lipinski definition) is 5. The molecule has 0 aliphatic carbocycles. The van der Waals surface area contributed by atoms with Gasteiger partial charge in [-0.25, -0.2) is 4.79 Å². The summed E-state index contributed by atoms with van der Waals surface area (Å²) in [6, 6.07) is 12.1. The first-order valence-electron chi connectivity index (χ1n) is 8.53. The first kappa shape index (κ1) is 20.4. The molecule has 5 nitrogen and oxygen atoms in total. The summed E-state index contributed by atoms with van der Waals surface area (Å²) in [4.78, 5) is 15.4. The Hall–Kier alpha value is -1.96. The fraction of sp³-hybridized carbons (Fsp3) is 0.368. The fourth-order valence-electron chi connectivity index (χ4n) is 2.32. The second kappa shape index (κ2) is 10.3. The molecule has 2 N–H and O–H groups in total. The van der Waals surface area contributed by atoms with Gasteiger partial charge in [0.1, 0.15) is 5.00 Å². The van der Waals surface area contributed by atoms with Crippen molar-refractivity contribution in [3.05, 3.63) is 52.4 Å². The molecule has 0 saturated carbocycles. The SMILES string of the molecule is CCOC(=O)c1cc(Cc2ccccc2)sc1NC(=S)NCCN(C)C. The van der Waals surface area contributed by atoms with Crippen LogP contribution in [0.25, 0.3) is 0 Å². The maximum atomic E-state index is 12.3. The molecule has 0 fully saturated rings. The molecule has 0 saturated heterocycles. The van der Waals surface area contributed by atoms with Crippen LogP contribution in [-0.4, -0.2) is 49.8 Å². The number of benzene rings is 1. The van der Waals surface area contributed by atoms with Crippen LogP contribution in [0.5, 0.6) is 0 Å². The molecule has 0 unspecified atom stereocenters. The molecule has 0 atom stereocenters. The first-order valence-corrected chi connectivity index (χ1v) is 9.75. The van der Waals surface area contributed by atoms with Gasteiger partial charge in [-0.3, -0.25) is 0 Å². The molecule has 1 heterocycles. The molecule has 0 spiro atoms. The van der Waals surface area contributed by atoms with Gasteiger partial charge < -0.3 is 20.3 Å². The Labute approximate surface area is 164 Å². The third-order valence-corrected chi connectivity index (χ3v) is 4.87. The molecule has 1 aromatic carbocycles. The third kappa shape index (κ3) is 6.40. The van der Waals surface area contributed by atoms with Gasteiger partial charge in [0.05, 0.1) is 12.2 Å². The van der Waals surface area contributed by atoms with Crippen molar-refractivity contribution in [3.63, 3.8) is 0 Å². The molecule has 26 heavy (non-hydrogen) atoms. The van der Waals surface area contributed by atoms with Crippen LogP contribution in [0, 0.1) is 0 Å². The molecule has 2 rings (SSSR count). The van der Waals surface area contributed by atoms with E-state index in [0.29, 0.717) is 17.3 Å². The monoisotopic (exact) mass is 391 g/mol. The number of ether oxygens (including phenoxy) is 1. The Morgan fingerprint density at radius 1 is 1.27 bits per heavy atom. The minimum atomic E-state index is -0.332. The molecule has 2 aromatic rings. The number of thiophene rings is 1. The highest BCUT2D eigenvalue weighted by Gasteiger charge is 2.18. The summed E-state index contributed by atoms with van der Waals surface area (Å²) in [5.74, 6) is -0.332. The van der Waals surface area contributed by atoms with Crippen molar-refractivity contribution in [2.45, 2.75) is 13.3 Å². The number of anilines is 1. The largest absolute Gasteiger partial charge is 0.462 e. The summed E-state index contributed by atoms with van der Waals surface area (Å²) in [6.45, 7) is 3.75. The van der Waals surface area contributed by atoms with Crippen LogP contribution in [-0.2, 0) is 11.2 Å². The van der Waals surface area contributed by atoms with Gasteiger partial charge in [0.25, 0.3) is 0 Å². The van der Waals surface area contributed by atoms with E-state index in [9.17, 15) is 4.79 Å². The van der Waals surface area contributed by atoms with Crippen molar-refractivity contribution in [3.8, 4) is 0 Å². The molecule has 1 aromatic heterocycles. The number of nitrogens with zero attached hydrogens (tertiary/aromatic N) is 1. The van der Waals surface area contributed by atoms with Crippen LogP contribution in [0.1, 0.15) is 27.7 Å². The highest BCUT2D eigenvalue weighted by molar-refractivity contribution is 7.80.